The third-order valence-electron chi connectivity index (χ3n) is 4.04. The zero-order chi connectivity index (χ0) is 14.8. The summed E-state index contributed by atoms with van der Waals surface area (Å²) in [5.41, 5.74) is 2.88. The first-order chi connectivity index (χ1) is 9.36. The van der Waals surface area contributed by atoms with Crippen molar-refractivity contribution in [2.24, 2.45) is 0 Å². The molecule has 1 heterocycles. The Morgan fingerprint density at radius 2 is 1.90 bits per heavy atom. The van der Waals surface area contributed by atoms with E-state index in [1.807, 2.05) is 11.9 Å². The monoisotopic (exact) mass is 274 g/mol. The molecule has 0 spiro atoms. The number of amides is 1. The van der Waals surface area contributed by atoms with E-state index in [1.165, 1.54) is 11.1 Å². The van der Waals surface area contributed by atoms with Gasteiger partial charge in [0, 0.05) is 32.6 Å². The van der Waals surface area contributed by atoms with Gasteiger partial charge in [0.2, 0.25) is 5.91 Å². The SMILES string of the molecule is CN1CC(NCc2ccc(C(C)(C)C)cc2)CCC1=O. The van der Waals surface area contributed by atoms with Gasteiger partial charge in [0.1, 0.15) is 0 Å². The van der Waals surface area contributed by atoms with Crippen LogP contribution in [-0.2, 0) is 16.8 Å². The zero-order valence-corrected chi connectivity index (χ0v) is 13.1. The summed E-state index contributed by atoms with van der Waals surface area (Å²) >= 11 is 0. The molecule has 0 aliphatic carbocycles. The van der Waals surface area contributed by atoms with Crippen LogP contribution in [0.2, 0.25) is 0 Å². The second-order valence-electron chi connectivity index (χ2n) is 6.84. The average Bonchev–Trinajstić information content (AvgIpc) is 2.40. The first-order valence-electron chi connectivity index (χ1n) is 7.43. The van der Waals surface area contributed by atoms with Gasteiger partial charge < -0.3 is 10.2 Å². The third kappa shape index (κ3) is 3.83. The Hall–Kier alpha value is -1.35. The van der Waals surface area contributed by atoms with Gasteiger partial charge in [-0.25, -0.2) is 0 Å². The first kappa shape index (κ1) is 15.0. The number of hydrogen-bond acceptors (Lipinski definition) is 2. The minimum absolute atomic E-state index is 0.207. The molecule has 1 atom stereocenters. The fourth-order valence-electron chi connectivity index (χ4n) is 2.56. The highest BCUT2D eigenvalue weighted by Gasteiger charge is 2.22. The lowest BCUT2D eigenvalue weighted by Crippen LogP contribution is -2.46. The van der Waals surface area contributed by atoms with Crippen LogP contribution >= 0.6 is 0 Å². The van der Waals surface area contributed by atoms with Gasteiger partial charge in [-0.1, -0.05) is 45.0 Å². The summed E-state index contributed by atoms with van der Waals surface area (Å²) in [7, 11) is 1.88. The summed E-state index contributed by atoms with van der Waals surface area (Å²) in [4.78, 5) is 13.3. The van der Waals surface area contributed by atoms with Crippen LogP contribution in [0.15, 0.2) is 24.3 Å². The quantitative estimate of drug-likeness (QED) is 0.919. The van der Waals surface area contributed by atoms with Crippen molar-refractivity contribution in [2.75, 3.05) is 13.6 Å². The predicted molar refractivity (Wildman–Crippen MR) is 82.6 cm³/mol. The number of hydrogen-bond donors (Lipinski definition) is 1. The fourth-order valence-corrected chi connectivity index (χ4v) is 2.56. The van der Waals surface area contributed by atoms with E-state index < -0.39 is 0 Å². The molecule has 3 nitrogen and oxygen atoms in total. The Balaban J connectivity index is 1.87. The molecule has 1 aromatic rings. The highest BCUT2D eigenvalue weighted by Crippen LogP contribution is 2.22. The third-order valence-corrected chi connectivity index (χ3v) is 4.04. The van der Waals surface area contributed by atoms with Gasteiger partial charge in [-0.2, -0.15) is 0 Å². The van der Waals surface area contributed by atoms with E-state index in [4.69, 9.17) is 0 Å². The average molecular weight is 274 g/mol. The maximum absolute atomic E-state index is 11.4. The van der Waals surface area contributed by atoms with Crippen molar-refractivity contribution in [3.8, 4) is 0 Å². The molecule has 1 aliphatic rings. The van der Waals surface area contributed by atoms with Gasteiger partial charge in [0.05, 0.1) is 0 Å². The molecular formula is C17H26N2O. The Labute approximate surface area is 122 Å². The first-order valence-corrected chi connectivity index (χ1v) is 7.43. The second kappa shape index (κ2) is 5.96. The van der Waals surface area contributed by atoms with Crippen molar-refractivity contribution in [3.63, 3.8) is 0 Å². The lowest BCUT2D eigenvalue weighted by molar-refractivity contribution is -0.132. The maximum atomic E-state index is 11.4. The molecule has 3 heteroatoms. The Bertz CT molecular complexity index is 459. The van der Waals surface area contributed by atoms with Crippen molar-refractivity contribution in [3.05, 3.63) is 35.4 Å². The Morgan fingerprint density at radius 1 is 1.25 bits per heavy atom. The van der Waals surface area contributed by atoms with Crippen LogP contribution < -0.4 is 5.32 Å². The van der Waals surface area contributed by atoms with E-state index in [2.05, 4.69) is 50.4 Å². The van der Waals surface area contributed by atoms with Crippen LogP contribution in [0.3, 0.4) is 0 Å². The minimum Gasteiger partial charge on any atom is -0.344 e. The van der Waals surface area contributed by atoms with Gasteiger partial charge in [-0.05, 0) is 23.0 Å². The number of nitrogens with one attached hydrogen (secondary N) is 1. The van der Waals surface area contributed by atoms with Gasteiger partial charge in [-0.15, -0.1) is 0 Å². The number of likely N-dealkylation sites (tertiary alicyclic amines) is 1. The van der Waals surface area contributed by atoms with E-state index in [1.54, 1.807) is 0 Å². The van der Waals surface area contributed by atoms with E-state index in [0.29, 0.717) is 12.5 Å². The largest absolute Gasteiger partial charge is 0.344 e. The van der Waals surface area contributed by atoms with Crippen molar-refractivity contribution in [1.29, 1.82) is 0 Å². The van der Waals surface area contributed by atoms with Crippen LogP contribution in [-0.4, -0.2) is 30.4 Å². The molecule has 0 radical (unpaired) electrons. The molecule has 0 aromatic heterocycles. The number of nitrogens with zero attached hydrogens (tertiary/aromatic N) is 1. The molecule has 1 aromatic carbocycles. The fraction of sp³-hybridized carbons (Fsp3) is 0.588. The normalized spacial score (nSPS) is 20.3. The molecule has 110 valence electrons. The summed E-state index contributed by atoms with van der Waals surface area (Å²) < 4.78 is 0. The predicted octanol–water partition coefficient (Wildman–Crippen LogP) is 2.69. The smallest absolute Gasteiger partial charge is 0.222 e. The number of benzene rings is 1. The molecule has 0 saturated carbocycles. The molecule has 1 saturated heterocycles. The molecule has 1 N–H and O–H groups in total. The van der Waals surface area contributed by atoms with Crippen LogP contribution in [0, 0.1) is 0 Å². The van der Waals surface area contributed by atoms with Crippen LogP contribution in [0.1, 0.15) is 44.7 Å². The molecule has 20 heavy (non-hydrogen) atoms. The summed E-state index contributed by atoms with van der Waals surface area (Å²) in [6.07, 6.45) is 1.61. The standard InChI is InChI=1S/C17H26N2O/c1-17(2,3)14-7-5-13(6-8-14)11-18-15-9-10-16(20)19(4)12-15/h5-8,15,18H,9-12H2,1-4H3. The van der Waals surface area contributed by atoms with Crippen LogP contribution in [0.5, 0.6) is 0 Å². The Morgan fingerprint density at radius 3 is 2.45 bits per heavy atom. The maximum Gasteiger partial charge on any atom is 0.222 e. The zero-order valence-electron chi connectivity index (χ0n) is 13.1. The molecule has 1 fully saturated rings. The van der Waals surface area contributed by atoms with Crippen LogP contribution in [0.25, 0.3) is 0 Å². The summed E-state index contributed by atoms with van der Waals surface area (Å²) in [5, 5.41) is 3.55. The van der Waals surface area contributed by atoms with Gasteiger partial charge in [0.25, 0.3) is 0 Å². The van der Waals surface area contributed by atoms with Gasteiger partial charge in [0.15, 0.2) is 0 Å². The summed E-state index contributed by atoms with van der Waals surface area (Å²) in [6.45, 7) is 8.38. The van der Waals surface area contributed by atoms with E-state index in [0.717, 1.165) is 19.5 Å². The van der Waals surface area contributed by atoms with E-state index in [9.17, 15) is 4.79 Å². The molecule has 0 bridgehead atoms. The minimum atomic E-state index is 0.207. The number of rotatable bonds is 3. The number of carbonyl (C=O) groups is 1. The lowest BCUT2D eigenvalue weighted by atomic mass is 9.87. The Kier molecular flexibility index (Phi) is 4.48. The highest BCUT2D eigenvalue weighted by molar-refractivity contribution is 5.76. The molecule has 1 unspecified atom stereocenters. The number of piperidine rings is 1. The van der Waals surface area contributed by atoms with E-state index in [-0.39, 0.29) is 11.3 Å². The van der Waals surface area contributed by atoms with Gasteiger partial charge >= 0.3 is 0 Å². The molecular weight excluding hydrogens is 248 g/mol. The molecule has 1 amide bonds. The van der Waals surface area contributed by atoms with Crippen molar-refractivity contribution in [2.45, 2.75) is 51.6 Å². The summed E-state index contributed by atoms with van der Waals surface area (Å²) in [5.74, 6) is 0.262. The van der Waals surface area contributed by atoms with E-state index >= 15 is 0 Å². The number of carbonyl (C=O) groups excluding carboxylic acids is 1. The van der Waals surface area contributed by atoms with Crippen molar-refractivity contribution >= 4 is 5.91 Å². The highest BCUT2D eigenvalue weighted by atomic mass is 16.2. The van der Waals surface area contributed by atoms with Crippen molar-refractivity contribution < 1.29 is 4.79 Å². The lowest BCUT2D eigenvalue weighted by Gasteiger charge is -2.30. The topological polar surface area (TPSA) is 32.3 Å². The molecule has 2 rings (SSSR count). The summed E-state index contributed by atoms with van der Waals surface area (Å²) in [6, 6.07) is 9.25. The number of likely N-dealkylation sites (N-methyl/N-ethyl adjacent to an activating group) is 1. The van der Waals surface area contributed by atoms with Crippen LogP contribution in [0.4, 0.5) is 0 Å². The molecule has 1 aliphatic heterocycles. The second-order valence-corrected chi connectivity index (χ2v) is 6.84. The van der Waals surface area contributed by atoms with Gasteiger partial charge in [-0.3, -0.25) is 4.79 Å². The van der Waals surface area contributed by atoms with Crippen molar-refractivity contribution in [1.82, 2.24) is 10.2 Å².